The SMILES string of the molecule is Cc1ccc(S(=O)(=O)OCCc2cccc(C3COC3)c2)cc1. The summed E-state index contributed by atoms with van der Waals surface area (Å²) in [6.07, 6.45) is 0.562. The van der Waals surface area contributed by atoms with Crippen LogP contribution in [-0.4, -0.2) is 28.2 Å². The second-order valence-corrected chi connectivity index (χ2v) is 7.43. The largest absolute Gasteiger partial charge is 0.380 e. The van der Waals surface area contributed by atoms with Gasteiger partial charge in [-0.15, -0.1) is 0 Å². The molecular weight excluding hydrogens is 312 g/mol. The monoisotopic (exact) mass is 332 g/mol. The zero-order valence-electron chi connectivity index (χ0n) is 13.1. The van der Waals surface area contributed by atoms with Crippen LogP contribution in [-0.2, 0) is 25.5 Å². The van der Waals surface area contributed by atoms with Crippen LogP contribution in [0.15, 0.2) is 53.4 Å². The van der Waals surface area contributed by atoms with E-state index in [0.717, 1.165) is 24.3 Å². The summed E-state index contributed by atoms with van der Waals surface area (Å²) in [5.74, 6) is 0.465. The fraction of sp³-hybridized carbons (Fsp3) is 0.333. The minimum absolute atomic E-state index is 0.140. The standard InChI is InChI=1S/C18H20O4S/c1-14-5-7-18(8-6-14)23(19,20)22-10-9-15-3-2-4-16(11-15)17-12-21-13-17/h2-8,11,17H,9-10,12-13H2,1H3. The van der Waals surface area contributed by atoms with Crippen LogP contribution >= 0.6 is 0 Å². The lowest BCUT2D eigenvalue weighted by molar-refractivity contribution is 0.00839. The first-order valence-electron chi connectivity index (χ1n) is 7.67. The van der Waals surface area contributed by atoms with Crippen LogP contribution in [0.1, 0.15) is 22.6 Å². The molecule has 5 heteroatoms. The number of benzene rings is 2. The summed E-state index contributed by atoms with van der Waals surface area (Å²) in [5, 5.41) is 0. The predicted octanol–water partition coefficient (Wildman–Crippen LogP) is 3.06. The topological polar surface area (TPSA) is 52.6 Å². The number of hydrogen-bond acceptors (Lipinski definition) is 4. The number of rotatable bonds is 6. The Bertz CT molecular complexity index is 762. The summed E-state index contributed by atoms with van der Waals surface area (Å²) >= 11 is 0. The Morgan fingerprint density at radius 3 is 2.52 bits per heavy atom. The number of aryl methyl sites for hydroxylation is 1. The van der Waals surface area contributed by atoms with E-state index in [1.54, 1.807) is 24.3 Å². The van der Waals surface area contributed by atoms with Crippen LogP contribution in [0.3, 0.4) is 0 Å². The van der Waals surface area contributed by atoms with Gasteiger partial charge in [0.2, 0.25) is 0 Å². The molecule has 0 radical (unpaired) electrons. The van der Waals surface area contributed by atoms with Gasteiger partial charge in [-0.3, -0.25) is 4.18 Å². The molecule has 0 saturated carbocycles. The molecule has 0 aliphatic carbocycles. The van der Waals surface area contributed by atoms with Crippen LogP contribution < -0.4 is 0 Å². The molecular formula is C18H20O4S. The quantitative estimate of drug-likeness (QED) is 0.763. The van der Waals surface area contributed by atoms with Gasteiger partial charge in [-0.2, -0.15) is 8.42 Å². The number of ether oxygens (including phenoxy) is 1. The van der Waals surface area contributed by atoms with Gasteiger partial charge in [-0.1, -0.05) is 42.0 Å². The lowest BCUT2D eigenvalue weighted by Crippen LogP contribution is -2.25. The Balaban J connectivity index is 1.59. The third-order valence-electron chi connectivity index (χ3n) is 4.00. The summed E-state index contributed by atoms with van der Waals surface area (Å²) in [6, 6.07) is 14.8. The minimum Gasteiger partial charge on any atom is -0.380 e. The maximum Gasteiger partial charge on any atom is 0.296 e. The Morgan fingerprint density at radius 2 is 1.87 bits per heavy atom. The molecule has 0 bridgehead atoms. The highest BCUT2D eigenvalue weighted by Gasteiger charge is 2.20. The highest BCUT2D eigenvalue weighted by molar-refractivity contribution is 7.86. The van der Waals surface area contributed by atoms with E-state index >= 15 is 0 Å². The summed E-state index contributed by atoms with van der Waals surface area (Å²) in [6.45, 7) is 3.59. The predicted molar refractivity (Wildman–Crippen MR) is 88.0 cm³/mol. The molecule has 0 N–H and O–H groups in total. The Hall–Kier alpha value is -1.69. The average molecular weight is 332 g/mol. The maximum atomic E-state index is 12.1. The van der Waals surface area contributed by atoms with E-state index in [4.69, 9.17) is 8.92 Å². The molecule has 1 aliphatic rings. The molecule has 1 saturated heterocycles. The first kappa shape index (κ1) is 16.2. The zero-order valence-corrected chi connectivity index (χ0v) is 13.9. The van der Waals surface area contributed by atoms with E-state index in [9.17, 15) is 8.42 Å². The van der Waals surface area contributed by atoms with Crippen molar-refractivity contribution in [2.75, 3.05) is 19.8 Å². The van der Waals surface area contributed by atoms with Crippen molar-refractivity contribution in [3.63, 3.8) is 0 Å². The van der Waals surface area contributed by atoms with Crippen molar-refractivity contribution in [2.24, 2.45) is 0 Å². The second kappa shape index (κ2) is 6.83. The van der Waals surface area contributed by atoms with Crippen LogP contribution in [0, 0.1) is 6.92 Å². The van der Waals surface area contributed by atoms with E-state index in [1.807, 2.05) is 19.1 Å². The van der Waals surface area contributed by atoms with Gasteiger partial charge in [-0.05, 0) is 36.6 Å². The Labute approximate surface area is 137 Å². The van der Waals surface area contributed by atoms with Gasteiger partial charge in [0.05, 0.1) is 24.7 Å². The minimum atomic E-state index is -3.69. The number of hydrogen-bond donors (Lipinski definition) is 0. The van der Waals surface area contributed by atoms with Crippen molar-refractivity contribution in [1.29, 1.82) is 0 Å². The van der Waals surface area contributed by atoms with Gasteiger partial charge in [0.15, 0.2) is 0 Å². The third kappa shape index (κ3) is 3.99. The highest BCUT2D eigenvalue weighted by Crippen LogP contribution is 2.24. The zero-order chi connectivity index (χ0) is 16.3. The van der Waals surface area contributed by atoms with Crippen LogP contribution in [0.5, 0.6) is 0 Å². The molecule has 0 unspecified atom stereocenters. The molecule has 23 heavy (non-hydrogen) atoms. The molecule has 4 nitrogen and oxygen atoms in total. The summed E-state index contributed by atoms with van der Waals surface area (Å²) in [5.41, 5.74) is 3.34. The van der Waals surface area contributed by atoms with Crippen LogP contribution in [0.2, 0.25) is 0 Å². The molecule has 0 atom stereocenters. The third-order valence-corrected chi connectivity index (χ3v) is 5.33. The molecule has 0 aromatic heterocycles. The fourth-order valence-electron chi connectivity index (χ4n) is 2.47. The van der Waals surface area contributed by atoms with Gasteiger partial charge in [0.1, 0.15) is 0 Å². The van der Waals surface area contributed by atoms with Gasteiger partial charge in [0, 0.05) is 5.92 Å². The van der Waals surface area contributed by atoms with Crippen molar-refractivity contribution in [3.05, 3.63) is 65.2 Å². The Morgan fingerprint density at radius 1 is 1.13 bits per heavy atom. The molecule has 2 aromatic carbocycles. The lowest BCUT2D eigenvalue weighted by atomic mass is 9.95. The molecule has 1 aliphatic heterocycles. The highest BCUT2D eigenvalue weighted by atomic mass is 32.2. The van der Waals surface area contributed by atoms with Crippen molar-refractivity contribution in [2.45, 2.75) is 24.2 Å². The van der Waals surface area contributed by atoms with Crippen molar-refractivity contribution in [3.8, 4) is 0 Å². The first-order valence-corrected chi connectivity index (χ1v) is 9.08. The van der Waals surface area contributed by atoms with Crippen molar-refractivity contribution < 1.29 is 17.3 Å². The van der Waals surface area contributed by atoms with Crippen molar-refractivity contribution >= 4 is 10.1 Å². The van der Waals surface area contributed by atoms with Gasteiger partial charge < -0.3 is 4.74 Å². The van der Waals surface area contributed by atoms with Crippen molar-refractivity contribution in [1.82, 2.24) is 0 Å². The fourth-order valence-corrected chi connectivity index (χ4v) is 3.38. The van der Waals surface area contributed by atoms with Crippen LogP contribution in [0.25, 0.3) is 0 Å². The molecule has 1 fully saturated rings. The van der Waals surface area contributed by atoms with Gasteiger partial charge in [0.25, 0.3) is 10.1 Å². The van der Waals surface area contributed by atoms with Gasteiger partial charge >= 0.3 is 0 Å². The molecule has 0 spiro atoms. The van der Waals surface area contributed by atoms with E-state index in [1.165, 1.54) is 5.56 Å². The summed E-state index contributed by atoms with van der Waals surface area (Å²) in [7, 11) is -3.69. The summed E-state index contributed by atoms with van der Waals surface area (Å²) in [4.78, 5) is 0.198. The van der Waals surface area contributed by atoms with E-state index in [0.29, 0.717) is 12.3 Å². The second-order valence-electron chi connectivity index (χ2n) is 5.82. The molecule has 122 valence electrons. The molecule has 3 rings (SSSR count). The maximum absolute atomic E-state index is 12.1. The van der Waals surface area contributed by atoms with E-state index < -0.39 is 10.1 Å². The lowest BCUT2D eigenvalue weighted by Gasteiger charge is -2.26. The molecule has 2 aromatic rings. The molecule has 0 amide bonds. The normalized spacial score (nSPS) is 15.3. The van der Waals surface area contributed by atoms with Gasteiger partial charge in [-0.25, -0.2) is 0 Å². The van der Waals surface area contributed by atoms with E-state index in [-0.39, 0.29) is 11.5 Å². The average Bonchev–Trinajstić information content (AvgIpc) is 2.46. The summed E-state index contributed by atoms with van der Waals surface area (Å²) < 4.78 is 34.6. The molecule has 1 heterocycles. The van der Waals surface area contributed by atoms with E-state index in [2.05, 4.69) is 12.1 Å². The smallest absolute Gasteiger partial charge is 0.296 e. The Kier molecular flexibility index (Phi) is 4.80. The first-order chi connectivity index (χ1) is 11.0. The van der Waals surface area contributed by atoms with Crippen LogP contribution in [0.4, 0.5) is 0 Å².